The van der Waals surface area contributed by atoms with Crippen molar-refractivity contribution in [3.63, 3.8) is 0 Å². The molecule has 25 heavy (non-hydrogen) atoms. The Bertz CT molecular complexity index is 848. The standard InChI is InChI=1S/C18H20N2O4S/c1-20(25(23,24)11-10-15-6-3-2-4-7-15)13-18(22)19-17-9-5-8-16(12-17)14-21/h2-12,21H,13-14H2,1H3,(H,19,22)/b11-10+. The summed E-state index contributed by atoms with van der Waals surface area (Å²) in [6.45, 7) is -0.451. The average molecular weight is 360 g/mol. The Balaban J connectivity index is 1.98. The Morgan fingerprint density at radius 3 is 2.56 bits per heavy atom. The lowest BCUT2D eigenvalue weighted by Gasteiger charge is -2.14. The van der Waals surface area contributed by atoms with Gasteiger partial charge in [-0.25, -0.2) is 8.42 Å². The number of nitrogens with zero attached hydrogens (tertiary/aromatic N) is 1. The number of rotatable bonds is 7. The minimum Gasteiger partial charge on any atom is -0.392 e. The molecule has 0 bridgehead atoms. The molecule has 0 fully saturated rings. The van der Waals surface area contributed by atoms with Gasteiger partial charge in [0.2, 0.25) is 15.9 Å². The number of sulfonamides is 1. The van der Waals surface area contributed by atoms with Gasteiger partial charge in [-0.2, -0.15) is 4.31 Å². The smallest absolute Gasteiger partial charge is 0.239 e. The minimum atomic E-state index is -3.71. The van der Waals surface area contributed by atoms with Gasteiger partial charge >= 0.3 is 0 Å². The molecule has 0 atom stereocenters. The van der Waals surface area contributed by atoms with E-state index < -0.39 is 15.9 Å². The Morgan fingerprint density at radius 1 is 1.16 bits per heavy atom. The fraction of sp³-hybridized carbons (Fsp3) is 0.167. The lowest BCUT2D eigenvalue weighted by atomic mass is 10.2. The van der Waals surface area contributed by atoms with E-state index in [4.69, 9.17) is 5.11 Å². The second kappa shape index (κ2) is 8.57. The van der Waals surface area contributed by atoms with Crippen LogP contribution in [0.15, 0.2) is 60.0 Å². The minimum absolute atomic E-state index is 0.137. The molecule has 0 aliphatic rings. The summed E-state index contributed by atoms with van der Waals surface area (Å²) in [6, 6.07) is 15.7. The van der Waals surface area contributed by atoms with E-state index in [1.54, 1.807) is 36.4 Å². The van der Waals surface area contributed by atoms with Gasteiger partial charge in [-0.15, -0.1) is 0 Å². The third-order valence-corrected chi connectivity index (χ3v) is 4.90. The van der Waals surface area contributed by atoms with Gasteiger partial charge in [0.05, 0.1) is 13.2 Å². The molecule has 0 aliphatic heterocycles. The Morgan fingerprint density at radius 2 is 1.88 bits per heavy atom. The Hall–Kier alpha value is -2.48. The number of carbonyl (C=O) groups excluding carboxylic acids is 1. The summed E-state index contributed by atoms with van der Waals surface area (Å²) in [6.07, 6.45) is 1.48. The zero-order valence-electron chi connectivity index (χ0n) is 13.8. The van der Waals surface area contributed by atoms with Crippen LogP contribution >= 0.6 is 0 Å². The number of nitrogens with one attached hydrogen (secondary N) is 1. The van der Waals surface area contributed by atoms with Gasteiger partial charge in [-0.1, -0.05) is 42.5 Å². The number of likely N-dealkylation sites (N-methyl/N-ethyl adjacent to an activating group) is 1. The predicted octanol–water partition coefficient (Wildman–Crippen LogP) is 2.05. The molecule has 6 nitrogen and oxygen atoms in total. The number of aliphatic hydroxyl groups is 1. The van der Waals surface area contributed by atoms with E-state index in [1.807, 2.05) is 18.2 Å². The van der Waals surface area contributed by atoms with Gasteiger partial charge in [-0.05, 0) is 29.3 Å². The molecule has 1 amide bonds. The van der Waals surface area contributed by atoms with Crippen LogP contribution in [-0.2, 0) is 21.4 Å². The van der Waals surface area contributed by atoms with Gasteiger partial charge in [0.15, 0.2) is 0 Å². The summed E-state index contributed by atoms with van der Waals surface area (Å²) >= 11 is 0. The van der Waals surface area contributed by atoms with Gasteiger partial charge in [0.1, 0.15) is 0 Å². The van der Waals surface area contributed by atoms with Gasteiger partial charge < -0.3 is 10.4 Å². The van der Waals surface area contributed by atoms with Crippen molar-refractivity contribution >= 4 is 27.7 Å². The van der Waals surface area contributed by atoms with Crippen LogP contribution in [0.4, 0.5) is 5.69 Å². The van der Waals surface area contributed by atoms with Crippen molar-refractivity contribution in [2.75, 3.05) is 18.9 Å². The summed E-state index contributed by atoms with van der Waals surface area (Å²) in [4.78, 5) is 12.0. The van der Waals surface area contributed by atoms with Crippen LogP contribution in [0.5, 0.6) is 0 Å². The highest BCUT2D eigenvalue weighted by atomic mass is 32.2. The first-order valence-corrected chi connectivity index (χ1v) is 9.10. The van der Waals surface area contributed by atoms with Gasteiger partial charge in [0, 0.05) is 18.1 Å². The van der Waals surface area contributed by atoms with Crippen LogP contribution in [0, 0.1) is 0 Å². The first-order valence-electron chi connectivity index (χ1n) is 7.60. The van der Waals surface area contributed by atoms with E-state index in [2.05, 4.69) is 5.32 Å². The molecule has 0 saturated heterocycles. The highest BCUT2D eigenvalue weighted by Gasteiger charge is 2.17. The maximum atomic E-state index is 12.2. The second-order valence-electron chi connectivity index (χ2n) is 5.42. The number of aliphatic hydroxyl groups excluding tert-OH is 1. The number of amides is 1. The number of carbonyl (C=O) groups is 1. The first-order chi connectivity index (χ1) is 11.9. The fourth-order valence-corrected chi connectivity index (χ4v) is 2.91. The molecule has 2 aromatic rings. The van der Waals surface area contributed by atoms with E-state index in [1.165, 1.54) is 13.1 Å². The lowest BCUT2D eigenvalue weighted by molar-refractivity contribution is -0.116. The van der Waals surface area contributed by atoms with Crippen molar-refractivity contribution in [2.24, 2.45) is 0 Å². The number of hydrogen-bond acceptors (Lipinski definition) is 4. The molecule has 2 aromatic carbocycles. The lowest BCUT2D eigenvalue weighted by Crippen LogP contribution is -2.33. The van der Waals surface area contributed by atoms with Crippen LogP contribution in [0.25, 0.3) is 6.08 Å². The largest absolute Gasteiger partial charge is 0.392 e. The van der Waals surface area contributed by atoms with E-state index in [0.717, 1.165) is 15.3 Å². The monoisotopic (exact) mass is 360 g/mol. The summed E-state index contributed by atoms with van der Waals surface area (Å²) in [5.41, 5.74) is 1.91. The molecule has 7 heteroatoms. The van der Waals surface area contributed by atoms with Crippen LogP contribution in [0.2, 0.25) is 0 Å². The third kappa shape index (κ3) is 5.82. The zero-order valence-corrected chi connectivity index (χ0v) is 14.6. The van der Waals surface area contributed by atoms with Crippen LogP contribution in [0.1, 0.15) is 11.1 Å². The number of anilines is 1. The van der Waals surface area contributed by atoms with Crippen molar-refractivity contribution in [1.82, 2.24) is 4.31 Å². The van der Waals surface area contributed by atoms with Crippen LogP contribution in [0.3, 0.4) is 0 Å². The van der Waals surface area contributed by atoms with Gasteiger partial charge in [0.25, 0.3) is 0 Å². The number of benzene rings is 2. The molecule has 2 N–H and O–H groups in total. The summed E-state index contributed by atoms with van der Waals surface area (Å²) in [7, 11) is -2.37. The summed E-state index contributed by atoms with van der Waals surface area (Å²) in [5.74, 6) is -0.464. The van der Waals surface area contributed by atoms with Crippen molar-refractivity contribution in [3.05, 3.63) is 71.1 Å². The van der Waals surface area contributed by atoms with E-state index in [9.17, 15) is 13.2 Å². The molecule has 132 valence electrons. The van der Waals surface area contributed by atoms with E-state index in [0.29, 0.717) is 11.3 Å². The van der Waals surface area contributed by atoms with Gasteiger partial charge in [-0.3, -0.25) is 4.79 Å². The molecule has 0 heterocycles. The average Bonchev–Trinajstić information content (AvgIpc) is 2.61. The van der Waals surface area contributed by atoms with E-state index >= 15 is 0 Å². The maximum Gasteiger partial charge on any atom is 0.239 e. The molecule has 0 unspecified atom stereocenters. The van der Waals surface area contributed by atoms with Crippen LogP contribution < -0.4 is 5.32 Å². The van der Waals surface area contributed by atoms with Crippen molar-refractivity contribution in [3.8, 4) is 0 Å². The Labute approximate surface area is 147 Å². The molecular formula is C18H20N2O4S. The molecule has 0 saturated carbocycles. The maximum absolute atomic E-state index is 12.2. The van der Waals surface area contributed by atoms with E-state index in [-0.39, 0.29) is 13.2 Å². The summed E-state index contributed by atoms with van der Waals surface area (Å²) in [5, 5.41) is 12.8. The van der Waals surface area contributed by atoms with Crippen molar-refractivity contribution in [2.45, 2.75) is 6.61 Å². The molecule has 0 spiro atoms. The van der Waals surface area contributed by atoms with Crippen molar-refractivity contribution < 1.29 is 18.3 Å². The Kier molecular flexibility index (Phi) is 6.46. The molecule has 0 aliphatic carbocycles. The fourth-order valence-electron chi connectivity index (χ4n) is 2.07. The quantitative estimate of drug-likeness (QED) is 0.791. The molecule has 2 rings (SSSR count). The number of hydrogen-bond donors (Lipinski definition) is 2. The molecular weight excluding hydrogens is 340 g/mol. The summed E-state index contributed by atoms with van der Waals surface area (Å²) < 4.78 is 25.4. The van der Waals surface area contributed by atoms with Crippen molar-refractivity contribution in [1.29, 1.82) is 0 Å². The zero-order chi connectivity index (χ0) is 18.3. The highest BCUT2D eigenvalue weighted by molar-refractivity contribution is 7.92. The second-order valence-corrected chi connectivity index (χ2v) is 7.35. The van der Waals surface area contributed by atoms with Crippen LogP contribution in [-0.4, -0.2) is 37.3 Å². The third-order valence-electron chi connectivity index (χ3n) is 3.43. The normalized spacial score (nSPS) is 11.8. The molecule has 0 radical (unpaired) electrons. The first kappa shape index (κ1) is 18.9. The predicted molar refractivity (Wildman–Crippen MR) is 98.0 cm³/mol. The SMILES string of the molecule is CN(CC(=O)Nc1cccc(CO)c1)S(=O)(=O)/C=C/c1ccccc1. The molecule has 0 aromatic heterocycles. The highest BCUT2D eigenvalue weighted by Crippen LogP contribution is 2.11. The topological polar surface area (TPSA) is 86.7 Å².